The minimum atomic E-state index is -0.500. The van der Waals surface area contributed by atoms with Crippen molar-refractivity contribution in [3.63, 3.8) is 0 Å². The van der Waals surface area contributed by atoms with E-state index in [2.05, 4.69) is 31.4 Å². The smallest absolute Gasteiger partial charge is 0.273 e. The number of H-pyrrole nitrogens is 1. The number of hydrogen-bond acceptors (Lipinski definition) is 5. The molecule has 0 saturated carbocycles. The Kier molecular flexibility index (Phi) is 6.27. The van der Waals surface area contributed by atoms with Crippen molar-refractivity contribution in [3.05, 3.63) is 104 Å². The summed E-state index contributed by atoms with van der Waals surface area (Å²) < 4.78 is 6.79. The van der Waals surface area contributed by atoms with Gasteiger partial charge in [-0.2, -0.15) is 5.10 Å². The van der Waals surface area contributed by atoms with Gasteiger partial charge in [0.1, 0.15) is 12.4 Å². The summed E-state index contributed by atoms with van der Waals surface area (Å²) in [5.74, 6) is 0.00470. The first-order chi connectivity index (χ1) is 15.5. The van der Waals surface area contributed by atoms with E-state index in [0.717, 1.165) is 20.9 Å². The van der Waals surface area contributed by atoms with Gasteiger partial charge in [0.05, 0.1) is 16.7 Å². The van der Waals surface area contributed by atoms with Gasteiger partial charge in [-0.25, -0.2) is 5.43 Å². The van der Waals surface area contributed by atoms with Crippen LogP contribution in [0.5, 0.6) is 5.75 Å². The van der Waals surface area contributed by atoms with Crippen LogP contribution in [0.2, 0.25) is 0 Å². The van der Waals surface area contributed by atoms with E-state index in [9.17, 15) is 14.9 Å². The molecular weight excluding hydrogens is 476 g/mol. The van der Waals surface area contributed by atoms with Gasteiger partial charge < -0.3 is 9.72 Å². The fraction of sp³-hybridized carbons (Fsp3) is 0.0435. The summed E-state index contributed by atoms with van der Waals surface area (Å²) in [6.07, 6.45) is 2.94. The highest BCUT2D eigenvalue weighted by Crippen LogP contribution is 2.24. The standard InChI is InChI=1S/C23H17BrN4O4/c24-17-7-5-15(6-8-17)14-32-22-10-9-18(28(30)31)11-16(22)12-26-27-23(29)20-13-25-21-4-2-1-3-19(20)21/h1-13,25H,14H2,(H,27,29)/b26-12-. The predicted octanol–water partition coefficient (Wildman–Crippen LogP) is 5.18. The molecule has 0 aliphatic heterocycles. The predicted molar refractivity (Wildman–Crippen MR) is 125 cm³/mol. The molecule has 8 nitrogen and oxygen atoms in total. The largest absolute Gasteiger partial charge is 0.488 e. The third-order valence-corrected chi connectivity index (χ3v) is 5.24. The molecule has 0 unspecified atom stereocenters. The summed E-state index contributed by atoms with van der Waals surface area (Å²) in [4.78, 5) is 26.2. The van der Waals surface area contributed by atoms with Crippen LogP contribution in [0.3, 0.4) is 0 Å². The van der Waals surface area contributed by atoms with Crippen LogP contribution in [-0.4, -0.2) is 22.0 Å². The Morgan fingerprint density at radius 3 is 2.72 bits per heavy atom. The number of nitrogens with zero attached hydrogens (tertiary/aromatic N) is 2. The number of ether oxygens (including phenoxy) is 1. The zero-order valence-electron chi connectivity index (χ0n) is 16.6. The fourth-order valence-corrected chi connectivity index (χ4v) is 3.37. The molecule has 4 rings (SSSR count). The van der Waals surface area contributed by atoms with E-state index in [0.29, 0.717) is 16.9 Å². The molecule has 1 heterocycles. The van der Waals surface area contributed by atoms with E-state index in [1.54, 1.807) is 6.20 Å². The zero-order chi connectivity index (χ0) is 22.5. The average Bonchev–Trinajstić information content (AvgIpc) is 3.23. The number of rotatable bonds is 7. The maximum absolute atomic E-state index is 12.5. The van der Waals surface area contributed by atoms with Crippen LogP contribution < -0.4 is 10.2 Å². The summed E-state index contributed by atoms with van der Waals surface area (Å²) in [7, 11) is 0. The van der Waals surface area contributed by atoms with Crippen molar-refractivity contribution in [1.82, 2.24) is 10.4 Å². The molecule has 0 bridgehead atoms. The van der Waals surface area contributed by atoms with Gasteiger partial charge in [-0.1, -0.05) is 46.3 Å². The topological polar surface area (TPSA) is 110 Å². The number of halogens is 1. The summed E-state index contributed by atoms with van der Waals surface area (Å²) in [6.45, 7) is 0.271. The van der Waals surface area contributed by atoms with Gasteiger partial charge >= 0.3 is 0 Å². The molecule has 0 aliphatic carbocycles. The van der Waals surface area contributed by atoms with E-state index >= 15 is 0 Å². The molecule has 0 radical (unpaired) electrons. The summed E-state index contributed by atoms with van der Waals surface area (Å²) in [5.41, 5.74) is 4.94. The van der Waals surface area contributed by atoms with Gasteiger partial charge in [0.15, 0.2) is 0 Å². The number of hydrazone groups is 1. The number of hydrogen-bond donors (Lipinski definition) is 2. The molecule has 1 amide bonds. The number of carbonyl (C=O) groups excluding carboxylic acids is 1. The second-order valence-corrected chi connectivity index (χ2v) is 7.76. The number of nitro benzene ring substituents is 1. The number of para-hydroxylation sites is 1. The van der Waals surface area contributed by atoms with Crippen LogP contribution in [0.4, 0.5) is 5.69 Å². The van der Waals surface area contributed by atoms with Crippen molar-refractivity contribution in [2.24, 2.45) is 5.10 Å². The van der Waals surface area contributed by atoms with Crippen molar-refractivity contribution < 1.29 is 14.5 Å². The highest BCUT2D eigenvalue weighted by Gasteiger charge is 2.13. The van der Waals surface area contributed by atoms with Gasteiger partial charge in [-0.15, -0.1) is 0 Å². The van der Waals surface area contributed by atoms with Gasteiger partial charge in [0.2, 0.25) is 0 Å². The summed E-state index contributed by atoms with van der Waals surface area (Å²) in [5, 5.41) is 15.9. The summed E-state index contributed by atoms with van der Waals surface area (Å²) >= 11 is 3.38. The van der Waals surface area contributed by atoms with Gasteiger partial charge in [-0.3, -0.25) is 14.9 Å². The maximum Gasteiger partial charge on any atom is 0.273 e. The number of amides is 1. The Morgan fingerprint density at radius 2 is 1.94 bits per heavy atom. The molecule has 0 saturated heterocycles. The van der Waals surface area contributed by atoms with Crippen LogP contribution in [-0.2, 0) is 6.61 Å². The number of non-ortho nitro benzene ring substituents is 1. The molecule has 3 aromatic carbocycles. The number of carbonyl (C=O) groups is 1. The van der Waals surface area contributed by atoms with Crippen LogP contribution >= 0.6 is 15.9 Å². The van der Waals surface area contributed by atoms with E-state index in [-0.39, 0.29) is 12.3 Å². The third kappa shape index (κ3) is 4.84. The lowest BCUT2D eigenvalue weighted by atomic mass is 10.2. The molecule has 9 heteroatoms. The van der Waals surface area contributed by atoms with E-state index in [1.165, 1.54) is 24.4 Å². The number of nitro groups is 1. The van der Waals surface area contributed by atoms with E-state index < -0.39 is 10.8 Å². The average molecular weight is 493 g/mol. The van der Waals surface area contributed by atoms with Crippen LogP contribution in [0.1, 0.15) is 21.5 Å². The maximum atomic E-state index is 12.5. The molecule has 32 heavy (non-hydrogen) atoms. The van der Waals surface area contributed by atoms with Crippen molar-refractivity contribution in [2.75, 3.05) is 0 Å². The normalized spacial score (nSPS) is 11.0. The first-order valence-electron chi connectivity index (χ1n) is 9.56. The van der Waals surface area contributed by atoms with Gasteiger partial charge in [-0.05, 0) is 29.8 Å². The fourth-order valence-electron chi connectivity index (χ4n) is 3.10. The van der Waals surface area contributed by atoms with Gasteiger partial charge in [0.25, 0.3) is 11.6 Å². The van der Waals surface area contributed by atoms with E-state index in [4.69, 9.17) is 4.74 Å². The Morgan fingerprint density at radius 1 is 1.16 bits per heavy atom. The van der Waals surface area contributed by atoms with E-state index in [1.807, 2.05) is 48.5 Å². The highest BCUT2D eigenvalue weighted by molar-refractivity contribution is 9.10. The molecule has 1 aromatic heterocycles. The molecular formula is C23H17BrN4O4. The number of nitrogens with one attached hydrogen (secondary N) is 2. The SMILES string of the molecule is O=C(N/N=C\c1cc([N+](=O)[O-])ccc1OCc1ccc(Br)cc1)c1c[nH]c2ccccc12. The van der Waals surface area contributed by atoms with Crippen molar-refractivity contribution in [1.29, 1.82) is 0 Å². The second kappa shape index (κ2) is 9.44. The number of fused-ring (bicyclic) bond motifs is 1. The zero-order valence-corrected chi connectivity index (χ0v) is 18.2. The first kappa shape index (κ1) is 21.3. The Hall–Kier alpha value is -3.98. The molecule has 0 fully saturated rings. The van der Waals surface area contributed by atoms with Gasteiger partial charge in [0, 0.05) is 39.3 Å². The molecule has 0 spiro atoms. The molecule has 0 atom stereocenters. The quantitative estimate of drug-likeness (QED) is 0.210. The number of benzene rings is 3. The highest BCUT2D eigenvalue weighted by atomic mass is 79.9. The van der Waals surface area contributed by atoms with Crippen LogP contribution in [0.15, 0.2) is 82.5 Å². The summed E-state index contributed by atoms with van der Waals surface area (Å²) in [6, 6.07) is 19.2. The lowest BCUT2D eigenvalue weighted by Crippen LogP contribution is -2.17. The minimum absolute atomic E-state index is 0.106. The Labute approximate surface area is 191 Å². The van der Waals surface area contributed by atoms with Crippen LogP contribution in [0, 0.1) is 10.1 Å². The Bertz CT molecular complexity index is 1320. The first-order valence-corrected chi connectivity index (χ1v) is 10.4. The Balaban J connectivity index is 1.52. The van der Waals surface area contributed by atoms with Crippen molar-refractivity contribution >= 4 is 44.6 Å². The van der Waals surface area contributed by atoms with Crippen molar-refractivity contribution in [3.8, 4) is 5.75 Å². The number of aromatic nitrogens is 1. The van der Waals surface area contributed by atoms with Crippen LogP contribution in [0.25, 0.3) is 10.9 Å². The lowest BCUT2D eigenvalue weighted by Gasteiger charge is -2.09. The number of aromatic amines is 1. The third-order valence-electron chi connectivity index (χ3n) is 4.72. The lowest BCUT2D eigenvalue weighted by molar-refractivity contribution is -0.384. The molecule has 0 aliphatic rings. The molecule has 2 N–H and O–H groups in total. The second-order valence-electron chi connectivity index (χ2n) is 6.84. The molecule has 160 valence electrons. The van der Waals surface area contributed by atoms with Crippen molar-refractivity contribution in [2.45, 2.75) is 6.61 Å². The minimum Gasteiger partial charge on any atom is -0.488 e. The monoisotopic (exact) mass is 492 g/mol. The molecule has 4 aromatic rings.